The molecule has 1 unspecified atom stereocenters. The summed E-state index contributed by atoms with van der Waals surface area (Å²) in [7, 11) is 4.06. The Morgan fingerprint density at radius 2 is 2.03 bits per heavy atom. The van der Waals surface area contributed by atoms with Crippen LogP contribution in [0.5, 0.6) is 5.75 Å². The van der Waals surface area contributed by atoms with E-state index in [4.69, 9.17) is 14.1 Å². The van der Waals surface area contributed by atoms with E-state index in [0.29, 0.717) is 18.7 Å². The highest BCUT2D eigenvalue weighted by Crippen LogP contribution is 2.34. The van der Waals surface area contributed by atoms with Gasteiger partial charge in [0.2, 0.25) is 0 Å². The number of thiazole rings is 1. The molecule has 0 radical (unpaired) electrons. The molecule has 1 aliphatic rings. The van der Waals surface area contributed by atoms with Gasteiger partial charge in [0.1, 0.15) is 29.4 Å². The number of amides is 1. The molecular formula is C29H33N3O3S. The number of rotatable bonds is 8. The number of aryl methyl sites for hydroxylation is 1. The third-order valence-electron chi connectivity index (χ3n) is 6.64. The fourth-order valence-electron chi connectivity index (χ4n) is 4.83. The van der Waals surface area contributed by atoms with Crippen LogP contribution in [0.3, 0.4) is 0 Å². The van der Waals surface area contributed by atoms with Crippen molar-refractivity contribution in [3.63, 3.8) is 0 Å². The lowest BCUT2D eigenvalue weighted by molar-refractivity contribution is 0.0603. The van der Waals surface area contributed by atoms with Gasteiger partial charge in [-0.25, -0.2) is 4.98 Å². The maximum absolute atomic E-state index is 13.9. The molecule has 0 bridgehead atoms. The lowest BCUT2D eigenvalue weighted by Gasteiger charge is -2.35. The smallest absolute Gasteiger partial charge is 0.274 e. The van der Waals surface area contributed by atoms with Crippen LogP contribution in [0, 0.1) is 6.92 Å². The van der Waals surface area contributed by atoms with Crippen molar-refractivity contribution in [3.05, 3.63) is 71.1 Å². The quantitative estimate of drug-likeness (QED) is 0.293. The van der Waals surface area contributed by atoms with E-state index in [1.54, 1.807) is 11.3 Å². The van der Waals surface area contributed by atoms with Gasteiger partial charge < -0.3 is 19.0 Å². The average molecular weight is 504 g/mol. The molecule has 2 aromatic heterocycles. The molecule has 5 rings (SSSR count). The second kappa shape index (κ2) is 10.8. The molecule has 0 spiro atoms. The highest BCUT2D eigenvalue weighted by molar-refractivity contribution is 7.15. The van der Waals surface area contributed by atoms with Crippen LogP contribution in [-0.2, 0) is 6.42 Å². The van der Waals surface area contributed by atoms with Gasteiger partial charge in [0.15, 0.2) is 0 Å². The molecule has 4 aromatic rings. The number of hydrogen-bond acceptors (Lipinski definition) is 6. The Hall–Kier alpha value is -3.16. The molecule has 1 atom stereocenters. The monoisotopic (exact) mass is 503 g/mol. The SMILES string of the molecule is Cc1nc(C(=O)N2CCCCC2Cc2cc3ccccc3o2)c(-c2cccc(OCCN(C)C)c2)s1. The predicted octanol–water partition coefficient (Wildman–Crippen LogP) is 6.04. The summed E-state index contributed by atoms with van der Waals surface area (Å²) in [6.07, 6.45) is 3.81. The fourth-order valence-corrected chi connectivity index (χ4v) is 5.73. The minimum Gasteiger partial charge on any atom is -0.492 e. The zero-order chi connectivity index (χ0) is 25.1. The summed E-state index contributed by atoms with van der Waals surface area (Å²) in [5.74, 6) is 1.74. The molecule has 6 nitrogen and oxygen atoms in total. The molecule has 188 valence electrons. The molecule has 7 heteroatoms. The van der Waals surface area contributed by atoms with Gasteiger partial charge in [-0.05, 0) is 70.1 Å². The first kappa shape index (κ1) is 24.5. The van der Waals surface area contributed by atoms with Crippen LogP contribution < -0.4 is 4.74 Å². The van der Waals surface area contributed by atoms with Crippen molar-refractivity contribution >= 4 is 28.2 Å². The first-order valence-corrected chi connectivity index (χ1v) is 13.4. The molecule has 1 saturated heterocycles. The standard InChI is InChI=1S/C29H33N3O3S/c1-20-30-27(28(36-20)22-10-8-12-24(18-22)34-16-15-31(2)3)29(33)32-14-7-6-11-23(32)19-25-17-21-9-4-5-13-26(21)35-25/h4-5,8-10,12-13,17-18,23H,6-7,11,14-16,19H2,1-3H3. The van der Waals surface area contributed by atoms with Gasteiger partial charge in [-0.1, -0.05) is 30.3 Å². The van der Waals surface area contributed by atoms with Gasteiger partial charge in [0.25, 0.3) is 5.91 Å². The van der Waals surface area contributed by atoms with Crippen molar-refractivity contribution in [1.29, 1.82) is 0 Å². The molecule has 1 aliphatic heterocycles. The van der Waals surface area contributed by atoms with Gasteiger partial charge in [-0.2, -0.15) is 0 Å². The number of carbonyl (C=O) groups is 1. The number of aromatic nitrogens is 1. The maximum Gasteiger partial charge on any atom is 0.274 e. The number of piperidine rings is 1. The van der Waals surface area contributed by atoms with Crippen LogP contribution in [-0.4, -0.2) is 60.5 Å². The van der Waals surface area contributed by atoms with Crippen LogP contribution in [0.25, 0.3) is 21.4 Å². The Morgan fingerprint density at radius 1 is 1.17 bits per heavy atom. The van der Waals surface area contributed by atoms with Crippen molar-refractivity contribution < 1.29 is 13.9 Å². The largest absolute Gasteiger partial charge is 0.492 e. The number of furan rings is 1. The first-order chi connectivity index (χ1) is 17.5. The van der Waals surface area contributed by atoms with E-state index in [2.05, 4.69) is 17.0 Å². The Labute approximate surface area is 216 Å². The van der Waals surface area contributed by atoms with Crippen molar-refractivity contribution in [2.45, 2.75) is 38.6 Å². The van der Waals surface area contributed by atoms with E-state index >= 15 is 0 Å². The first-order valence-electron chi connectivity index (χ1n) is 12.6. The zero-order valence-electron chi connectivity index (χ0n) is 21.2. The van der Waals surface area contributed by atoms with Gasteiger partial charge >= 0.3 is 0 Å². The van der Waals surface area contributed by atoms with Crippen LogP contribution >= 0.6 is 11.3 Å². The number of carbonyl (C=O) groups excluding carboxylic acids is 1. The normalized spacial score (nSPS) is 16.1. The zero-order valence-corrected chi connectivity index (χ0v) is 22.0. The van der Waals surface area contributed by atoms with Crippen LogP contribution in [0.2, 0.25) is 0 Å². The summed E-state index contributed by atoms with van der Waals surface area (Å²) in [5.41, 5.74) is 2.41. The van der Waals surface area contributed by atoms with Crippen LogP contribution in [0.1, 0.15) is 40.5 Å². The molecule has 36 heavy (non-hydrogen) atoms. The number of fused-ring (bicyclic) bond motifs is 1. The lowest BCUT2D eigenvalue weighted by Crippen LogP contribution is -2.45. The number of hydrogen-bond donors (Lipinski definition) is 0. The summed E-state index contributed by atoms with van der Waals surface area (Å²) >= 11 is 1.56. The molecule has 1 amide bonds. The van der Waals surface area contributed by atoms with Crippen molar-refractivity contribution in [1.82, 2.24) is 14.8 Å². The molecular weight excluding hydrogens is 470 g/mol. The number of nitrogens with zero attached hydrogens (tertiary/aromatic N) is 3. The van der Waals surface area contributed by atoms with Gasteiger partial charge in [-0.15, -0.1) is 11.3 Å². The number of benzene rings is 2. The molecule has 0 aliphatic carbocycles. The number of likely N-dealkylation sites (tertiary alicyclic amines) is 1. The average Bonchev–Trinajstić information content (AvgIpc) is 3.47. The van der Waals surface area contributed by atoms with Gasteiger partial charge in [-0.3, -0.25) is 4.79 Å². The van der Waals surface area contributed by atoms with Crippen LogP contribution in [0.4, 0.5) is 0 Å². The Balaban J connectivity index is 1.38. The second-order valence-electron chi connectivity index (χ2n) is 9.69. The highest BCUT2D eigenvalue weighted by atomic mass is 32.1. The van der Waals surface area contributed by atoms with Gasteiger partial charge in [0, 0.05) is 30.9 Å². The van der Waals surface area contributed by atoms with E-state index in [9.17, 15) is 4.79 Å². The minimum absolute atomic E-state index is 0.00842. The Bertz CT molecular complexity index is 1310. The number of likely N-dealkylation sites (N-methyl/N-ethyl adjacent to an activating group) is 1. The molecule has 0 saturated carbocycles. The lowest BCUT2D eigenvalue weighted by atomic mass is 9.97. The maximum atomic E-state index is 13.9. The fraction of sp³-hybridized carbons (Fsp3) is 0.379. The van der Waals surface area contributed by atoms with Crippen molar-refractivity contribution in [2.75, 3.05) is 33.8 Å². The van der Waals surface area contributed by atoms with Gasteiger partial charge in [0.05, 0.1) is 9.88 Å². The second-order valence-corrected chi connectivity index (χ2v) is 10.9. The topological polar surface area (TPSA) is 58.8 Å². The number of para-hydroxylation sites is 1. The minimum atomic E-state index is 0.00842. The molecule has 3 heterocycles. The van der Waals surface area contributed by atoms with E-state index in [0.717, 1.165) is 70.3 Å². The van der Waals surface area contributed by atoms with E-state index in [1.165, 1.54) is 0 Å². The predicted molar refractivity (Wildman–Crippen MR) is 145 cm³/mol. The van der Waals surface area contributed by atoms with Crippen molar-refractivity contribution in [3.8, 4) is 16.2 Å². The van der Waals surface area contributed by atoms with Crippen molar-refractivity contribution in [2.24, 2.45) is 0 Å². The van der Waals surface area contributed by atoms with Crippen LogP contribution in [0.15, 0.2) is 59.0 Å². The van der Waals surface area contributed by atoms with E-state index < -0.39 is 0 Å². The summed E-state index contributed by atoms with van der Waals surface area (Å²) in [5, 5.41) is 1.99. The third kappa shape index (κ3) is 5.47. The third-order valence-corrected chi connectivity index (χ3v) is 7.66. The molecule has 2 aromatic carbocycles. The number of ether oxygens (including phenoxy) is 1. The summed E-state index contributed by atoms with van der Waals surface area (Å²) in [4.78, 5) is 23.6. The summed E-state index contributed by atoms with van der Waals surface area (Å²) in [6.45, 7) is 4.16. The van der Waals surface area contributed by atoms with E-state index in [-0.39, 0.29) is 11.9 Å². The van der Waals surface area contributed by atoms with E-state index in [1.807, 2.05) is 68.4 Å². The Kier molecular flexibility index (Phi) is 7.39. The summed E-state index contributed by atoms with van der Waals surface area (Å²) < 4.78 is 12.0. The summed E-state index contributed by atoms with van der Waals surface area (Å²) in [6, 6.07) is 18.3. The highest BCUT2D eigenvalue weighted by Gasteiger charge is 2.31. The molecule has 1 fully saturated rings. The molecule has 0 N–H and O–H groups in total. The Morgan fingerprint density at radius 3 is 2.86 bits per heavy atom.